The first-order chi connectivity index (χ1) is 9.72. The van der Waals surface area contributed by atoms with E-state index in [2.05, 4.69) is 24.0 Å². The Hall–Kier alpha value is -1.54. The van der Waals surface area contributed by atoms with Crippen LogP contribution in [0.2, 0.25) is 0 Å². The van der Waals surface area contributed by atoms with Crippen LogP contribution in [0, 0.1) is 6.92 Å². The van der Waals surface area contributed by atoms with E-state index in [1.807, 2.05) is 25.1 Å². The molecule has 2 aromatic rings. The highest BCUT2D eigenvalue weighted by Crippen LogP contribution is 2.24. The molecule has 0 N–H and O–H groups in total. The van der Waals surface area contributed by atoms with Crippen LogP contribution in [0.4, 0.5) is 0 Å². The quantitative estimate of drug-likeness (QED) is 0.676. The third-order valence-electron chi connectivity index (χ3n) is 3.20. The number of pyridine rings is 1. The Morgan fingerprint density at radius 1 is 1.15 bits per heavy atom. The van der Waals surface area contributed by atoms with Gasteiger partial charge in [-0.15, -0.1) is 11.6 Å². The number of rotatable bonds is 6. The zero-order valence-electron chi connectivity index (χ0n) is 12.0. The Morgan fingerprint density at radius 3 is 2.50 bits per heavy atom. The van der Waals surface area contributed by atoms with Crippen LogP contribution < -0.4 is 4.74 Å². The van der Waals surface area contributed by atoms with E-state index in [9.17, 15) is 0 Å². The van der Waals surface area contributed by atoms with Gasteiger partial charge >= 0.3 is 0 Å². The normalized spacial score (nSPS) is 10.6. The molecule has 0 bridgehead atoms. The second kappa shape index (κ2) is 7.30. The maximum absolute atomic E-state index is 5.81. The van der Waals surface area contributed by atoms with Crippen molar-refractivity contribution < 1.29 is 4.74 Å². The Labute approximate surface area is 125 Å². The zero-order chi connectivity index (χ0) is 14.4. The van der Waals surface area contributed by atoms with Crippen molar-refractivity contribution in [3.8, 4) is 11.6 Å². The van der Waals surface area contributed by atoms with Gasteiger partial charge in [0.2, 0.25) is 5.88 Å². The molecule has 0 unspecified atom stereocenters. The molecule has 106 valence electrons. The number of aryl methyl sites for hydroxylation is 2. The summed E-state index contributed by atoms with van der Waals surface area (Å²) < 4.78 is 5.81. The lowest BCUT2D eigenvalue weighted by Crippen LogP contribution is -1.93. The maximum Gasteiger partial charge on any atom is 0.222 e. The van der Waals surface area contributed by atoms with Crippen LogP contribution in [0.3, 0.4) is 0 Å². The summed E-state index contributed by atoms with van der Waals surface area (Å²) in [7, 11) is 0. The van der Waals surface area contributed by atoms with Gasteiger partial charge in [0.15, 0.2) is 0 Å². The highest BCUT2D eigenvalue weighted by molar-refractivity contribution is 6.17. The van der Waals surface area contributed by atoms with Gasteiger partial charge in [-0.25, -0.2) is 4.98 Å². The van der Waals surface area contributed by atoms with Crippen molar-refractivity contribution in [1.82, 2.24) is 4.98 Å². The van der Waals surface area contributed by atoms with Gasteiger partial charge in [-0.05, 0) is 49.1 Å². The minimum absolute atomic E-state index is 0.472. The van der Waals surface area contributed by atoms with Crippen molar-refractivity contribution in [2.45, 2.75) is 39.0 Å². The van der Waals surface area contributed by atoms with Crippen LogP contribution in [-0.2, 0) is 12.3 Å². The molecule has 0 saturated heterocycles. The molecule has 0 aliphatic heterocycles. The summed E-state index contributed by atoms with van der Waals surface area (Å²) >= 11 is 5.79. The van der Waals surface area contributed by atoms with Crippen molar-refractivity contribution in [3.05, 3.63) is 53.2 Å². The van der Waals surface area contributed by atoms with Crippen LogP contribution in [-0.4, -0.2) is 4.98 Å². The zero-order valence-corrected chi connectivity index (χ0v) is 12.8. The second-order valence-electron chi connectivity index (χ2n) is 4.95. The van der Waals surface area contributed by atoms with Crippen LogP contribution in [0.1, 0.15) is 36.5 Å². The number of ether oxygens (including phenoxy) is 1. The van der Waals surface area contributed by atoms with Gasteiger partial charge in [0.1, 0.15) is 5.75 Å². The molecular weight excluding hydrogens is 270 g/mol. The van der Waals surface area contributed by atoms with E-state index in [0.717, 1.165) is 23.3 Å². The van der Waals surface area contributed by atoms with E-state index in [4.69, 9.17) is 16.3 Å². The first-order valence-electron chi connectivity index (χ1n) is 7.01. The number of aromatic nitrogens is 1. The standard InChI is InChI=1S/C17H20ClNO/c1-3-4-5-14-6-8-16(9-7-14)20-17-13(2)10-15(11-18)12-19-17/h6-10,12H,3-5,11H2,1-2H3. The number of hydrogen-bond donors (Lipinski definition) is 0. The molecule has 0 saturated carbocycles. The number of alkyl halides is 1. The monoisotopic (exact) mass is 289 g/mol. The number of hydrogen-bond acceptors (Lipinski definition) is 2. The lowest BCUT2D eigenvalue weighted by molar-refractivity contribution is 0.458. The average molecular weight is 290 g/mol. The molecular formula is C17H20ClNO. The third kappa shape index (κ3) is 3.97. The van der Waals surface area contributed by atoms with Crippen LogP contribution >= 0.6 is 11.6 Å². The SMILES string of the molecule is CCCCc1ccc(Oc2ncc(CCl)cc2C)cc1. The summed E-state index contributed by atoms with van der Waals surface area (Å²) in [4.78, 5) is 4.31. The minimum Gasteiger partial charge on any atom is -0.439 e. The Bertz CT molecular complexity index is 551. The molecule has 2 nitrogen and oxygen atoms in total. The largest absolute Gasteiger partial charge is 0.439 e. The molecule has 1 heterocycles. The topological polar surface area (TPSA) is 22.1 Å². The van der Waals surface area contributed by atoms with E-state index in [0.29, 0.717) is 11.8 Å². The molecule has 1 aromatic carbocycles. The molecule has 20 heavy (non-hydrogen) atoms. The molecule has 0 aliphatic carbocycles. The van der Waals surface area contributed by atoms with Crippen molar-refractivity contribution in [1.29, 1.82) is 0 Å². The molecule has 0 amide bonds. The predicted molar refractivity (Wildman–Crippen MR) is 83.7 cm³/mol. The van der Waals surface area contributed by atoms with Gasteiger partial charge in [0.05, 0.1) is 0 Å². The summed E-state index contributed by atoms with van der Waals surface area (Å²) in [6.07, 6.45) is 5.32. The Balaban J connectivity index is 2.06. The van der Waals surface area contributed by atoms with E-state index < -0.39 is 0 Å². The molecule has 0 fully saturated rings. The van der Waals surface area contributed by atoms with Crippen LogP contribution in [0.25, 0.3) is 0 Å². The summed E-state index contributed by atoms with van der Waals surface area (Å²) in [6.45, 7) is 4.18. The summed E-state index contributed by atoms with van der Waals surface area (Å²) in [5.41, 5.74) is 3.35. The first-order valence-corrected chi connectivity index (χ1v) is 7.54. The fraction of sp³-hybridized carbons (Fsp3) is 0.353. The minimum atomic E-state index is 0.472. The van der Waals surface area contributed by atoms with Gasteiger partial charge in [0, 0.05) is 17.6 Å². The van der Waals surface area contributed by atoms with Gasteiger partial charge in [-0.1, -0.05) is 25.5 Å². The van der Waals surface area contributed by atoms with Crippen molar-refractivity contribution in [2.75, 3.05) is 0 Å². The summed E-state index contributed by atoms with van der Waals surface area (Å²) in [5.74, 6) is 1.93. The van der Waals surface area contributed by atoms with E-state index in [-0.39, 0.29) is 0 Å². The number of halogens is 1. The second-order valence-corrected chi connectivity index (χ2v) is 5.22. The van der Waals surface area contributed by atoms with Crippen molar-refractivity contribution >= 4 is 11.6 Å². The van der Waals surface area contributed by atoms with E-state index in [1.165, 1.54) is 18.4 Å². The smallest absolute Gasteiger partial charge is 0.222 e. The van der Waals surface area contributed by atoms with Crippen LogP contribution in [0.5, 0.6) is 11.6 Å². The molecule has 0 aliphatic rings. The molecule has 2 rings (SSSR count). The molecule has 3 heteroatoms. The van der Waals surface area contributed by atoms with Gasteiger partial charge in [0.25, 0.3) is 0 Å². The van der Waals surface area contributed by atoms with Crippen molar-refractivity contribution in [3.63, 3.8) is 0 Å². The fourth-order valence-electron chi connectivity index (χ4n) is 2.02. The number of benzene rings is 1. The first kappa shape index (κ1) is 14.9. The molecule has 0 atom stereocenters. The molecule has 1 aromatic heterocycles. The third-order valence-corrected chi connectivity index (χ3v) is 3.51. The highest BCUT2D eigenvalue weighted by Gasteiger charge is 2.04. The summed E-state index contributed by atoms with van der Waals surface area (Å²) in [5, 5.41) is 0. The lowest BCUT2D eigenvalue weighted by Gasteiger charge is -2.09. The predicted octanol–water partition coefficient (Wildman–Crippen LogP) is 5.26. The van der Waals surface area contributed by atoms with E-state index >= 15 is 0 Å². The van der Waals surface area contributed by atoms with Gasteiger partial charge in [-0.3, -0.25) is 0 Å². The van der Waals surface area contributed by atoms with E-state index in [1.54, 1.807) is 6.20 Å². The number of nitrogens with zero attached hydrogens (tertiary/aromatic N) is 1. The Kier molecular flexibility index (Phi) is 5.42. The van der Waals surface area contributed by atoms with Crippen molar-refractivity contribution in [2.24, 2.45) is 0 Å². The molecule has 0 spiro atoms. The van der Waals surface area contributed by atoms with Crippen LogP contribution in [0.15, 0.2) is 36.5 Å². The summed E-state index contributed by atoms with van der Waals surface area (Å²) in [6, 6.07) is 10.2. The highest BCUT2D eigenvalue weighted by atomic mass is 35.5. The lowest BCUT2D eigenvalue weighted by atomic mass is 10.1. The van der Waals surface area contributed by atoms with Gasteiger partial charge in [-0.2, -0.15) is 0 Å². The Morgan fingerprint density at radius 2 is 1.90 bits per heavy atom. The maximum atomic E-state index is 5.81. The van der Waals surface area contributed by atoms with Gasteiger partial charge < -0.3 is 4.74 Å². The number of unbranched alkanes of at least 4 members (excludes halogenated alkanes) is 1. The fourth-order valence-corrected chi connectivity index (χ4v) is 2.16. The molecule has 0 radical (unpaired) electrons. The average Bonchev–Trinajstić information content (AvgIpc) is 2.48.